The van der Waals surface area contributed by atoms with Gasteiger partial charge in [-0.05, 0) is 43.7 Å². The number of nitrogens with zero attached hydrogens (tertiary/aromatic N) is 2. The summed E-state index contributed by atoms with van der Waals surface area (Å²) in [7, 11) is 0. The van der Waals surface area contributed by atoms with Crippen molar-refractivity contribution >= 4 is 17.3 Å². The summed E-state index contributed by atoms with van der Waals surface area (Å²) in [6.45, 7) is 4.92. The van der Waals surface area contributed by atoms with Crippen LogP contribution in [-0.4, -0.2) is 16.9 Å². The highest BCUT2D eigenvalue weighted by Gasteiger charge is 2.13. The summed E-state index contributed by atoms with van der Waals surface area (Å²) in [6.07, 6.45) is 1.60. The van der Waals surface area contributed by atoms with Crippen LogP contribution < -0.4 is 16.4 Å². The Kier molecular flexibility index (Phi) is 4.42. The first-order chi connectivity index (χ1) is 9.97. The van der Waals surface area contributed by atoms with Gasteiger partial charge in [-0.1, -0.05) is 12.1 Å². The molecule has 0 radical (unpaired) electrons. The van der Waals surface area contributed by atoms with E-state index in [9.17, 15) is 4.79 Å². The van der Waals surface area contributed by atoms with Crippen LogP contribution in [0.15, 0.2) is 42.6 Å². The van der Waals surface area contributed by atoms with E-state index in [4.69, 9.17) is 11.5 Å². The fourth-order valence-electron chi connectivity index (χ4n) is 2.12. The molecule has 2 rings (SSSR count). The summed E-state index contributed by atoms with van der Waals surface area (Å²) in [5.41, 5.74) is 14.1. The van der Waals surface area contributed by atoms with Crippen LogP contribution in [-0.2, 0) is 6.54 Å². The van der Waals surface area contributed by atoms with Crippen LogP contribution in [0, 0.1) is 0 Å². The predicted octanol–water partition coefficient (Wildman–Crippen LogP) is 2.18. The molecule has 1 aromatic heterocycles. The van der Waals surface area contributed by atoms with E-state index in [1.807, 2.05) is 30.3 Å². The minimum Gasteiger partial charge on any atom is -0.399 e. The SMILES string of the molecule is CC(C)N(Cc1ccc(N)cc1)c1ccnc(C(N)=O)c1. The number of benzene rings is 1. The number of hydrogen-bond donors (Lipinski definition) is 2. The maximum absolute atomic E-state index is 11.3. The fraction of sp³-hybridized carbons (Fsp3) is 0.250. The Hall–Kier alpha value is -2.56. The van der Waals surface area contributed by atoms with E-state index >= 15 is 0 Å². The van der Waals surface area contributed by atoms with Crippen LogP contribution in [0.3, 0.4) is 0 Å². The van der Waals surface area contributed by atoms with Crippen molar-refractivity contribution in [2.75, 3.05) is 10.6 Å². The minimum atomic E-state index is -0.520. The molecule has 0 aliphatic carbocycles. The molecule has 4 N–H and O–H groups in total. The van der Waals surface area contributed by atoms with Crippen molar-refractivity contribution in [3.05, 3.63) is 53.9 Å². The molecular weight excluding hydrogens is 264 g/mol. The second kappa shape index (κ2) is 6.26. The zero-order chi connectivity index (χ0) is 15.4. The second-order valence-corrected chi connectivity index (χ2v) is 5.23. The van der Waals surface area contributed by atoms with Crippen LogP contribution in [0.2, 0.25) is 0 Å². The van der Waals surface area contributed by atoms with Gasteiger partial charge in [0.15, 0.2) is 0 Å². The molecule has 1 aromatic carbocycles. The number of carbonyl (C=O) groups is 1. The van der Waals surface area contributed by atoms with Gasteiger partial charge < -0.3 is 16.4 Å². The van der Waals surface area contributed by atoms with Crippen molar-refractivity contribution in [1.82, 2.24) is 4.98 Å². The number of nitrogens with two attached hydrogens (primary N) is 2. The summed E-state index contributed by atoms with van der Waals surface area (Å²) in [5.74, 6) is -0.520. The summed E-state index contributed by atoms with van der Waals surface area (Å²) in [5, 5.41) is 0. The molecule has 5 heteroatoms. The number of anilines is 2. The lowest BCUT2D eigenvalue weighted by Gasteiger charge is -2.29. The first-order valence-electron chi connectivity index (χ1n) is 6.84. The molecule has 0 fully saturated rings. The molecule has 0 unspecified atom stereocenters. The van der Waals surface area contributed by atoms with Crippen molar-refractivity contribution in [3.8, 4) is 0 Å². The highest BCUT2D eigenvalue weighted by atomic mass is 16.1. The Balaban J connectivity index is 2.28. The molecule has 0 atom stereocenters. The lowest BCUT2D eigenvalue weighted by molar-refractivity contribution is 0.0995. The number of nitrogen functional groups attached to an aromatic ring is 1. The molecule has 1 amide bonds. The number of pyridine rings is 1. The third kappa shape index (κ3) is 3.72. The number of hydrogen-bond acceptors (Lipinski definition) is 4. The van der Waals surface area contributed by atoms with Crippen molar-refractivity contribution in [2.24, 2.45) is 5.73 Å². The quantitative estimate of drug-likeness (QED) is 0.824. The molecule has 1 heterocycles. The van der Waals surface area contributed by atoms with Gasteiger partial charge >= 0.3 is 0 Å². The Morgan fingerprint density at radius 1 is 1.24 bits per heavy atom. The first kappa shape index (κ1) is 14.8. The van der Waals surface area contributed by atoms with E-state index in [2.05, 4.69) is 23.7 Å². The molecule has 0 aliphatic heterocycles. The highest BCUT2D eigenvalue weighted by Crippen LogP contribution is 2.21. The van der Waals surface area contributed by atoms with Gasteiger partial charge in [-0.3, -0.25) is 9.78 Å². The highest BCUT2D eigenvalue weighted by molar-refractivity contribution is 5.91. The van der Waals surface area contributed by atoms with E-state index < -0.39 is 5.91 Å². The standard InChI is InChI=1S/C16H20N4O/c1-11(2)20(10-12-3-5-13(17)6-4-12)14-7-8-19-15(9-14)16(18)21/h3-9,11H,10,17H2,1-2H3,(H2,18,21). The van der Waals surface area contributed by atoms with Crippen LogP contribution in [0.4, 0.5) is 11.4 Å². The first-order valence-corrected chi connectivity index (χ1v) is 6.84. The normalized spacial score (nSPS) is 10.6. The number of carbonyl (C=O) groups excluding carboxylic acids is 1. The second-order valence-electron chi connectivity index (χ2n) is 5.23. The van der Waals surface area contributed by atoms with Crippen molar-refractivity contribution in [3.63, 3.8) is 0 Å². The Labute approximate surface area is 124 Å². The van der Waals surface area contributed by atoms with Gasteiger partial charge in [0.1, 0.15) is 5.69 Å². The van der Waals surface area contributed by atoms with Crippen LogP contribution >= 0.6 is 0 Å². The molecular formula is C16H20N4O. The Morgan fingerprint density at radius 2 is 1.90 bits per heavy atom. The average molecular weight is 284 g/mol. The molecule has 0 aliphatic rings. The summed E-state index contributed by atoms with van der Waals surface area (Å²) in [4.78, 5) is 17.4. The molecule has 0 saturated heterocycles. The minimum absolute atomic E-state index is 0.269. The van der Waals surface area contributed by atoms with Gasteiger partial charge in [0.05, 0.1) is 0 Å². The molecule has 2 aromatic rings. The Bertz CT molecular complexity index is 622. The molecule has 0 bridgehead atoms. The average Bonchev–Trinajstić information content (AvgIpc) is 2.46. The zero-order valence-corrected chi connectivity index (χ0v) is 12.3. The van der Waals surface area contributed by atoms with Crippen LogP contribution in [0.25, 0.3) is 0 Å². The lowest BCUT2D eigenvalue weighted by atomic mass is 10.1. The van der Waals surface area contributed by atoms with E-state index in [-0.39, 0.29) is 11.7 Å². The van der Waals surface area contributed by atoms with Crippen molar-refractivity contribution < 1.29 is 4.79 Å². The Morgan fingerprint density at radius 3 is 2.48 bits per heavy atom. The van der Waals surface area contributed by atoms with E-state index in [0.717, 1.165) is 23.5 Å². The van der Waals surface area contributed by atoms with Crippen LogP contribution in [0.5, 0.6) is 0 Å². The van der Waals surface area contributed by atoms with Gasteiger partial charge in [-0.25, -0.2) is 0 Å². The van der Waals surface area contributed by atoms with Gasteiger partial charge in [0.2, 0.25) is 0 Å². The van der Waals surface area contributed by atoms with Crippen molar-refractivity contribution in [1.29, 1.82) is 0 Å². The maximum Gasteiger partial charge on any atom is 0.267 e. The zero-order valence-electron chi connectivity index (χ0n) is 12.3. The summed E-state index contributed by atoms with van der Waals surface area (Å²) >= 11 is 0. The summed E-state index contributed by atoms with van der Waals surface area (Å²) in [6, 6.07) is 11.6. The topological polar surface area (TPSA) is 85.2 Å². The van der Waals surface area contributed by atoms with E-state index in [0.29, 0.717) is 0 Å². The van der Waals surface area contributed by atoms with E-state index in [1.165, 1.54) is 0 Å². The molecule has 110 valence electrons. The molecule has 21 heavy (non-hydrogen) atoms. The van der Waals surface area contributed by atoms with Gasteiger partial charge in [-0.15, -0.1) is 0 Å². The van der Waals surface area contributed by atoms with Crippen molar-refractivity contribution in [2.45, 2.75) is 26.4 Å². The fourth-order valence-corrected chi connectivity index (χ4v) is 2.12. The third-order valence-corrected chi connectivity index (χ3v) is 3.28. The smallest absolute Gasteiger partial charge is 0.267 e. The monoisotopic (exact) mass is 284 g/mol. The predicted molar refractivity (Wildman–Crippen MR) is 84.9 cm³/mol. The summed E-state index contributed by atoms with van der Waals surface area (Å²) < 4.78 is 0. The van der Waals surface area contributed by atoms with Gasteiger partial charge in [-0.2, -0.15) is 0 Å². The molecule has 0 saturated carbocycles. The van der Waals surface area contributed by atoms with Gasteiger partial charge in [0.25, 0.3) is 5.91 Å². The maximum atomic E-state index is 11.3. The number of aromatic nitrogens is 1. The largest absolute Gasteiger partial charge is 0.399 e. The lowest BCUT2D eigenvalue weighted by Crippen LogP contribution is -2.30. The van der Waals surface area contributed by atoms with Gasteiger partial charge in [0, 0.05) is 30.2 Å². The number of rotatable bonds is 5. The molecule has 5 nitrogen and oxygen atoms in total. The van der Waals surface area contributed by atoms with Crippen LogP contribution in [0.1, 0.15) is 29.9 Å². The third-order valence-electron chi connectivity index (χ3n) is 3.28. The molecule has 0 spiro atoms. The van der Waals surface area contributed by atoms with E-state index in [1.54, 1.807) is 12.3 Å². The number of amides is 1. The number of primary amides is 1.